The summed E-state index contributed by atoms with van der Waals surface area (Å²) in [7, 11) is 0. The number of carbonyl (C=O) groups excluding carboxylic acids is 2. The van der Waals surface area contributed by atoms with Crippen LogP contribution in [-0.2, 0) is 16.0 Å². The van der Waals surface area contributed by atoms with E-state index in [0.29, 0.717) is 6.42 Å². The van der Waals surface area contributed by atoms with Gasteiger partial charge in [-0.2, -0.15) is 0 Å². The van der Waals surface area contributed by atoms with Crippen molar-refractivity contribution in [2.24, 2.45) is 5.73 Å². The van der Waals surface area contributed by atoms with E-state index in [9.17, 15) is 9.59 Å². The highest BCUT2D eigenvalue weighted by atomic mass is 16.5. The lowest BCUT2D eigenvalue weighted by molar-refractivity contribution is -0.119. The Kier molecular flexibility index (Phi) is 5.53. The number of aryl methyl sites for hydroxylation is 1. The molecule has 1 aliphatic rings. The van der Waals surface area contributed by atoms with Crippen LogP contribution in [0.15, 0.2) is 72.8 Å². The van der Waals surface area contributed by atoms with Crippen molar-refractivity contribution in [3.05, 3.63) is 95.1 Å². The van der Waals surface area contributed by atoms with E-state index in [1.165, 1.54) is 0 Å². The molecular formula is C25H24N2O3. The van der Waals surface area contributed by atoms with Crippen LogP contribution in [0.5, 0.6) is 0 Å². The van der Waals surface area contributed by atoms with E-state index in [0.717, 1.165) is 33.4 Å². The summed E-state index contributed by atoms with van der Waals surface area (Å²) in [4.78, 5) is 24.3. The fraction of sp³-hybridized carbons (Fsp3) is 0.200. The van der Waals surface area contributed by atoms with Gasteiger partial charge in [0, 0.05) is 12.3 Å². The van der Waals surface area contributed by atoms with Crippen molar-refractivity contribution in [3.63, 3.8) is 0 Å². The van der Waals surface area contributed by atoms with Crippen LogP contribution in [-0.4, -0.2) is 24.6 Å². The molecule has 0 saturated carbocycles. The number of hydrogen-bond donors (Lipinski definition) is 2. The summed E-state index contributed by atoms with van der Waals surface area (Å²) in [6.45, 7) is 2.18. The van der Waals surface area contributed by atoms with Gasteiger partial charge in [0.2, 0.25) is 5.91 Å². The molecule has 0 heterocycles. The summed E-state index contributed by atoms with van der Waals surface area (Å²) in [6.07, 6.45) is -0.326. The maximum absolute atomic E-state index is 12.4. The molecule has 0 aromatic heterocycles. The standard InChI is InChI=1S/C25H24N2O3/c1-16-10-12-17(13-11-16)14-23(24(26)28)27-25(29)30-15-22-20-8-4-2-6-18(20)19-7-3-5-9-21(19)22/h2-13,22-23H,14-15H2,1H3,(H2,26,28)(H,27,29)/t23-/m0/s1. The van der Waals surface area contributed by atoms with Crippen molar-refractivity contribution in [1.29, 1.82) is 0 Å². The van der Waals surface area contributed by atoms with Crippen molar-refractivity contribution in [2.45, 2.75) is 25.3 Å². The van der Waals surface area contributed by atoms with Gasteiger partial charge >= 0.3 is 6.09 Å². The monoisotopic (exact) mass is 400 g/mol. The summed E-state index contributed by atoms with van der Waals surface area (Å²) >= 11 is 0. The minimum absolute atomic E-state index is 0.0349. The van der Waals surface area contributed by atoms with Gasteiger partial charge in [-0.05, 0) is 34.7 Å². The largest absolute Gasteiger partial charge is 0.449 e. The van der Waals surface area contributed by atoms with Gasteiger partial charge in [-0.3, -0.25) is 4.79 Å². The number of fused-ring (bicyclic) bond motifs is 3. The zero-order valence-corrected chi connectivity index (χ0v) is 16.8. The summed E-state index contributed by atoms with van der Waals surface area (Å²) in [6, 6.07) is 23.2. The Bertz CT molecular complexity index is 1030. The molecule has 30 heavy (non-hydrogen) atoms. The van der Waals surface area contributed by atoms with Gasteiger partial charge in [0.05, 0.1) is 0 Å². The van der Waals surface area contributed by atoms with E-state index < -0.39 is 18.0 Å². The molecule has 1 aliphatic carbocycles. The van der Waals surface area contributed by atoms with Crippen molar-refractivity contribution < 1.29 is 14.3 Å². The van der Waals surface area contributed by atoms with Crippen molar-refractivity contribution >= 4 is 12.0 Å². The van der Waals surface area contributed by atoms with Gasteiger partial charge < -0.3 is 15.8 Å². The number of alkyl carbamates (subject to hydrolysis) is 1. The molecule has 4 rings (SSSR count). The highest BCUT2D eigenvalue weighted by Crippen LogP contribution is 2.44. The van der Waals surface area contributed by atoms with Crippen LogP contribution in [0.3, 0.4) is 0 Å². The Morgan fingerprint density at radius 2 is 1.50 bits per heavy atom. The maximum atomic E-state index is 12.4. The van der Waals surface area contributed by atoms with E-state index in [4.69, 9.17) is 10.5 Å². The molecule has 5 heteroatoms. The molecule has 3 N–H and O–H groups in total. The van der Waals surface area contributed by atoms with Crippen LogP contribution >= 0.6 is 0 Å². The molecule has 5 nitrogen and oxygen atoms in total. The third-order valence-corrected chi connectivity index (χ3v) is 5.54. The quantitative estimate of drug-likeness (QED) is 0.658. The Morgan fingerprint density at radius 3 is 2.07 bits per heavy atom. The second-order valence-corrected chi connectivity index (χ2v) is 7.61. The first kappa shape index (κ1) is 19.7. The number of primary amides is 1. The highest BCUT2D eigenvalue weighted by molar-refractivity contribution is 5.84. The number of ether oxygens (including phenoxy) is 1. The Morgan fingerprint density at radius 1 is 0.933 bits per heavy atom. The topological polar surface area (TPSA) is 81.4 Å². The molecule has 0 unspecified atom stereocenters. The first-order valence-electron chi connectivity index (χ1n) is 9.99. The normalized spacial score (nSPS) is 13.2. The summed E-state index contributed by atoms with van der Waals surface area (Å²) in [5, 5.41) is 2.62. The molecule has 152 valence electrons. The third-order valence-electron chi connectivity index (χ3n) is 5.54. The Labute approximate surface area is 175 Å². The van der Waals surface area contributed by atoms with Crippen molar-refractivity contribution in [1.82, 2.24) is 5.32 Å². The van der Waals surface area contributed by atoms with E-state index in [2.05, 4.69) is 29.6 Å². The van der Waals surface area contributed by atoms with E-state index in [1.807, 2.05) is 55.5 Å². The lowest BCUT2D eigenvalue weighted by Crippen LogP contribution is -2.46. The minimum atomic E-state index is -0.830. The first-order chi connectivity index (χ1) is 14.5. The fourth-order valence-electron chi connectivity index (χ4n) is 3.96. The first-order valence-corrected chi connectivity index (χ1v) is 9.99. The van der Waals surface area contributed by atoms with Gasteiger partial charge in [0.1, 0.15) is 12.6 Å². The smallest absolute Gasteiger partial charge is 0.407 e. The van der Waals surface area contributed by atoms with Gasteiger partial charge in [-0.15, -0.1) is 0 Å². The van der Waals surface area contributed by atoms with Crippen LogP contribution in [0, 0.1) is 6.92 Å². The van der Waals surface area contributed by atoms with Crippen LogP contribution in [0.2, 0.25) is 0 Å². The number of nitrogens with two attached hydrogens (primary N) is 1. The predicted molar refractivity (Wildman–Crippen MR) is 116 cm³/mol. The SMILES string of the molecule is Cc1ccc(C[C@H](NC(=O)OCC2c3ccccc3-c3ccccc32)C(N)=O)cc1. The van der Waals surface area contributed by atoms with E-state index >= 15 is 0 Å². The molecule has 2 amide bonds. The summed E-state index contributed by atoms with van der Waals surface area (Å²) in [5.41, 5.74) is 12.1. The van der Waals surface area contributed by atoms with Crippen LogP contribution < -0.4 is 11.1 Å². The molecule has 1 atom stereocenters. The second kappa shape index (κ2) is 8.41. The Hall–Kier alpha value is -3.60. The molecule has 3 aromatic carbocycles. The van der Waals surface area contributed by atoms with Crippen molar-refractivity contribution in [3.8, 4) is 11.1 Å². The summed E-state index contributed by atoms with van der Waals surface area (Å²) < 4.78 is 5.52. The van der Waals surface area contributed by atoms with E-state index in [-0.39, 0.29) is 12.5 Å². The number of hydrogen-bond acceptors (Lipinski definition) is 3. The third kappa shape index (κ3) is 4.06. The number of carbonyl (C=O) groups is 2. The predicted octanol–water partition coefficient (Wildman–Crippen LogP) is 3.93. The van der Waals surface area contributed by atoms with Gasteiger partial charge in [-0.1, -0.05) is 78.4 Å². The molecule has 0 aliphatic heterocycles. The van der Waals surface area contributed by atoms with Crippen LogP contribution in [0.25, 0.3) is 11.1 Å². The average molecular weight is 400 g/mol. The fourth-order valence-corrected chi connectivity index (χ4v) is 3.96. The number of nitrogens with one attached hydrogen (secondary N) is 1. The minimum Gasteiger partial charge on any atom is -0.449 e. The molecule has 0 fully saturated rings. The number of amides is 2. The lowest BCUT2D eigenvalue weighted by atomic mass is 9.98. The van der Waals surface area contributed by atoms with Gasteiger partial charge in [0.15, 0.2) is 0 Å². The highest BCUT2D eigenvalue weighted by Gasteiger charge is 2.29. The maximum Gasteiger partial charge on any atom is 0.407 e. The zero-order chi connectivity index (χ0) is 21.1. The molecule has 0 saturated heterocycles. The van der Waals surface area contributed by atoms with Gasteiger partial charge in [-0.25, -0.2) is 4.79 Å². The molecule has 0 bridgehead atoms. The number of benzene rings is 3. The second-order valence-electron chi connectivity index (χ2n) is 7.61. The molecular weight excluding hydrogens is 376 g/mol. The van der Waals surface area contributed by atoms with Crippen LogP contribution in [0.1, 0.15) is 28.2 Å². The average Bonchev–Trinajstić information content (AvgIpc) is 3.07. The summed E-state index contributed by atoms with van der Waals surface area (Å²) in [5.74, 6) is -0.628. The zero-order valence-electron chi connectivity index (χ0n) is 16.8. The Balaban J connectivity index is 1.43. The molecule has 0 spiro atoms. The lowest BCUT2D eigenvalue weighted by Gasteiger charge is -2.18. The van der Waals surface area contributed by atoms with Crippen molar-refractivity contribution in [2.75, 3.05) is 6.61 Å². The number of rotatable bonds is 6. The molecule has 0 radical (unpaired) electrons. The van der Waals surface area contributed by atoms with Crippen LogP contribution in [0.4, 0.5) is 4.79 Å². The van der Waals surface area contributed by atoms with Gasteiger partial charge in [0.25, 0.3) is 0 Å². The van der Waals surface area contributed by atoms with E-state index in [1.54, 1.807) is 0 Å². The molecule has 3 aromatic rings.